The molecule has 0 saturated heterocycles. The summed E-state index contributed by atoms with van der Waals surface area (Å²) in [5, 5.41) is 2.41. The molecule has 2 nitrogen and oxygen atoms in total. The average Bonchev–Trinajstić information content (AvgIpc) is 4.05. The molecule has 0 amide bonds. The summed E-state index contributed by atoms with van der Waals surface area (Å²) in [7, 11) is 0. The summed E-state index contributed by atoms with van der Waals surface area (Å²) in [4.78, 5) is 4.93. The second kappa shape index (κ2) is 18.1. The molecule has 340 valence electrons. The van der Waals surface area contributed by atoms with E-state index in [0.29, 0.717) is 5.92 Å². The Labute approximate surface area is 418 Å². The van der Waals surface area contributed by atoms with E-state index in [1.165, 1.54) is 109 Å². The Kier molecular flexibility index (Phi) is 10.9. The SMILES string of the molecule is C1=CC(c2ccccc2)CC=C1N(c1ccc(-c2ccc(N(c3cc(-c4ccccc4)cc(-c4ccccc4)c3)c3cccc4ccccc34)cc2)cc1)c1ccc2c(c1)C1(CCCC1)c1ccccc1-2. The molecule has 3 aliphatic rings. The minimum Gasteiger partial charge on any atom is -0.311 e. The van der Waals surface area contributed by atoms with E-state index in [-0.39, 0.29) is 5.41 Å². The molecule has 0 N–H and O–H groups in total. The second-order valence-electron chi connectivity index (χ2n) is 19.6. The molecular formula is C69H54N2. The standard InChI is InChI=1S/C69H54N2/c1-4-17-49(18-5-1)52-29-35-58(36-30-52)70(61-41-42-65-64-26-12-13-27-66(64)69(67(65)48-61)43-14-15-44-69)59-37-31-53(32-38-59)54-33-39-60(40-34-54)71(68-28-16-24-55-23-10-11-25-63(55)68)62-46-56(50-19-6-2-7-20-50)45-57(47-62)51-21-8-3-9-22-51/h1-13,16-29,31-42,45-48,52H,14-15,30,43-44H2. The van der Waals surface area contributed by atoms with E-state index in [0.717, 1.165) is 29.2 Å². The molecule has 2 heteroatoms. The lowest BCUT2D eigenvalue weighted by Crippen LogP contribution is -2.22. The lowest BCUT2D eigenvalue weighted by molar-refractivity contribution is 0.550. The van der Waals surface area contributed by atoms with Gasteiger partial charge < -0.3 is 9.80 Å². The van der Waals surface area contributed by atoms with Crippen LogP contribution in [0.5, 0.6) is 0 Å². The number of benzene rings is 10. The molecule has 13 rings (SSSR count). The predicted octanol–water partition coefficient (Wildman–Crippen LogP) is 18.9. The fourth-order valence-electron chi connectivity index (χ4n) is 12.0. The maximum absolute atomic E-state index is 2.53. The molecule has 10 aromatic carbocycles. The minimum absolute atomic E-state index is 0.0941. The molecule has 3 aliphatic carbocycles. The van der Waals surface area contributed by atoms with Gasteiger partial charge in [0.1, 0.15) is 0 Å². The van der Waals surface area contributed by atoms with Crippen molar-refractivity contribution in [2.45, 2.75) is 43.4 Å². The molecule has 1 fully saturated rings. The summed E-state index contributed by atoms with van der Waals surface area (Å²) in [5.41, 5.74) is 21.3. The zero-order valence-electron chi connectivity index (χ0n) is 39.8. The highest BCUT2D eigenvalue weighted by atomic mass is 15.2. The molecule has 1 saturated carbocycles. The van der Waals surface area contributed by atoms with E-state index >= 15 is 0 Å². The van der Waals surface area contributed by atoms with Crippen molar-refractivity contribution in [3.05, 3.63) is 283 Å². The molecule has 0 bridgehead atoms. The van der Waals surface area contributed by atoms with Crippen LogP contribution in [0, 0.1) is 0 Å². The maximum Gasteiger partial charge on any atom is 0.0540 e. The molecule has 1 unspecified atom stereocenters. The number of fused-ring (bicyclic) bond motifs is 6. The fraction of sp³-hybridized carbons (Fsp3) is 0.101. The van der Waals surface area contributed by atoms with Gasteiger partial charge in [-0.3, -0.25) is 0 Å². The topological polar surface area (TPSA) is 6.48 Å². The first-order chi connectivity index (χ1) is 35.2. The Balaban J connectivity index is 0.880. The van der Waals surface area contributed by atoms with Crippen LogP contribution >= 0.6 is 0 Å². The highest BCUT2D eigenvalue weighted by Crippen LogP contribution is 2.58. The first-order valence-corrected chi connectivity index (χ1v) is 25.4. The van der Waals surface area contributed by atoms with Gasteiger partial charge in [0.2, 0.25) is 0 Å². The van der Waals surface area contributed by atoms with Gasteiger partial charge in [0.15, 0.2) is 0 Å². The molecule has 0 heterocycles. The van der Waals surface area contributed by atoms with E-state index in [4.69, 9.17) is 0 Å². The Morgan fingerprint density at radius 2 is 0.930 bits per heavy atom. The third-order valence-corrected chi connectivity index (χ3v) is 15.5. The summed E-state index contributed by atoms with van der Waals surface area (Å²) >= 11 is 0. The Morgan fingerprint density at radius 3 is 1.59 bits per heavy atom. The smallest absolute Gasteiger partial charge is 0.0540 e. The van der Waals surface area contributed by atoms with Gasteiger partial charge in [0.25, 0.3) is 0 Å². The van der Waals surface area contributed by atoms with Crippen molar-refractivity contribution in [2.75, 3.05) is 9.80 Å². The van der Waals surface area contributed by atoms with E-state index in [1.54, 1.807) is 0 Å². The van der Waals surface area contributed by atoms with Gasteiger partial charge in [0.05, 0.1) is 5.69 Å². The van der Waals surface area contributed by atoms with Crippen LogP contribution < -0.4 is 9.80 Å². The molecule has 0 aliphatic heterocycles. The minimum atomic E-state index is 0.0941. The zero-order valence-corrected chi connectivity index (χ0v) is 39.8. The monoisotopic (exact) mass is 910 g/mol. The molecular weight excluding hydrogens is 857 g/mol. The zero-order chi connectivity index (χ0) is 47.1. The predicted molar refractivity (Wildman–Crippen MR) is 299 cm³/mol. The van der Waals surface area contributed by atoms with Crippen LogP contribution in [0.15, 0.2) is 267 Å². The normalized spacial score (nSPS) is 15.3. The van der Waals surface area contributed by atoms with Crippen molar-refractivity contribution >= 4 is 39.2 Å². The van der Waals surface area contributed by atoms with Crippen LogP contribution in [0.2, 0.25) is 0 Å². The fourth-order valence-corrected chi connectivity index (χ4v) is 12.0. The number of hydrogen-bond acceptors (Lipinski definition) is 2. The summed E-state index contributed by atoms with van der Waals surface area (Å²) in [6, 6.07) is 89.6. The van der Waals surface area contributed by atoms with Gasteiger partial charge in [-0.15, -0.1) is 0 Å². The van der Waals surface area contributed by atoms with Crippen LogP contribution in [-0.2, 0) is 5.41 Å². The van der Waals surface area contributed by atoms with Gasteiger partial charge in [0, 0.05) is 45.2 Å². The summed E-state index contributed by atoms with van der Waals surface area (Å²) < 4.78 is 0. The Hall–Kier alpha value is -8.46. The lowest BCUT2D eigenvalue weighted by atomic mass is 9.76. The Bertz CT molecular complexity index is 3540. The van der Waals surface area contributed by atoms with Crippen molar-refractivity contribution in [1.82, 2.24) is 0 Å². The highest BCUT2D eigenvalue weighted by molar-refractivity contribution is 6.00. The molecule has 0 aromatic heterocycles. The van der Waals surface area contributed by atoms with Crippen molar-refractivity contribution in [3.8, 4) is 44.5 Å². The van der Waals surface area contributed by atoms with Crippen LogP contribution in [0.4, 0.5) is 28.4 Å². The van der Waals surface area contributed by atoms with Crippen LogP contribution in [0.25, 0.3) is 55.3 Å². The van der Waals surface area contributed by atoms with Crippen molar-refractivity contribution in [2.24, 2.45) is 0 Å². The van der Waals surface area contributed by atoms with E-state index in [2.05, 4.69) is 271 Å². The van der Waals surface area contributed by atoms with Gasteiger partial charge in [-0.25, -0.2) is 0 Å². The Morgan fingerprint density at radius 1 is 0.380 bits per heavy atom. The van der Waals surface area contributed by atoms with Gasteiger partial charge in [-0.05, 0) is 153 Å². The van der Waals surface area contributed by atoms with Crippen molar-refractivity contribution < 1.29 is 0 Å². The number of nitrogens with zero attached hydrogens (tertiary/aromatic N) is 2. The van der Waals surface area contributed by atoms with E-state index < -0.39 is 0 Å². The quantitative estimate of drug-likeness (QED) is 0.135. The van der Waals surface area contributed by atoms with Crippen LogP contribution in [0.3, 0.4) is 0 Å². The van der Waals surface area contributed by atoms with Crippen LogP contribution in [-0.4, -0.2) is 0 Å². The van der Waals surface area contributed by atoms with Crippen molar-refractivity contribution in [3.63, 3.8) is 0 Å². The van der Waals surface area contributed by atoms with Gasteiger partial charge in [-0.2, -0.15) is 0 Å². The third kappa shape index (κ3) is 7.77. The molecule has 0 radical (unpaired) electrons. The lowest BCUT2D eigenvalue weighted by Gasteiger charge is -2.31. The highest BCUT2D eigenvalue weighted by Gasteiger charge is 2.45. The number of allylic oxidation sites excluding steroid dienone is 3. The van der Waals surface area contributed by atoms with Crippen LogP contribution in [0.1, 0.15) is 54.7 Å². The maximum atomic E-state index is 2.53. The summed E-state index contributed by atoms with van der Waals surface area (Å²) in [6.07, 6.45) is 13.1. The molecule has 71 heavy (non-hydrogen) atoms. The number of hydrogen-bond donors (Lipinski definition) is 0. The van der Waals surface area contributed by atoms with Gasteiger partial charge >= 0.3 is 0 Å². The first kappa shape index (κ1) is 42.6. The van der Waals surface area contributed by atoms with E-state index in [1.807, 2.05) is 0 Å². The second-order valence-corrected chi connectivity index (χ2v) is 19.6. The summed E-state index contributed by atoms with van der Waals surface area (Å²) in [6.45, 7) is 0. The molecule has 1 atom stereocenters. The molecule has 1 spiro atoms. The number of anilines is 5. The van der Waals surface area contributed by atoms with Gasteiger partial charge in [-0.1, -0.05) is 207 Å². The first-order valence-electron chi connectivity index (χ1n) is 25.4. The largest absolute Gasteiger partial charge is 0.311 e. The third-order valence-electron chi connectivity index (χ3n) is 15.5. The molecule has 10 aromatic rings. The number of rotatable bonds is 10. The van der Waals surface area contributed by atoms with E-state index in [9.17, 15) is 0 Å². The van der Waals surface area contributed by atoms with Crippen molar-refractivity contribution in [1.29, 1.82) is 0 Å². The average molecular weight is 911 g/mol. The summed E-state index contributed by atoms with van der Waals surface area (Å²) in [5.74, 6) is 0.360.